The van der Waals surface area contributed by atoms with Crippen LogP contribution in [0, 0.1) is 21.7 Å². The van der Waals surface area contributed by atoms with Gasteiger partial charge in [0.25, 0.3) is 0 Å². The van der Waals surface area contributed by atoms with Crippen LogP contribution in [0.25, 0.3) is 0 Å². The monoisotopic (exact) mass is 316 g/mol. The van der Waals surface area contributed by atoms with Crippen LogP contribution < -0.4 is 0 Å². The van der Waals surface area contributed by atoms with E-state index in [1.165, 1.54) is 64.1 Å². The van der Waals surface area contributed by atoms with E-state index in [0.717, 1.165) is 24.7 Å². The number of aldehydes is 1. The van der Waals surface area contributed by atoms with Gasteiger partial charge in [0, 0.05) is 5.41 Å². The third kappa shape index (κ3) is 3.44. The summed E-state index contributed by atoms with van der Waals surface area (Å²) in [5.41, 5.74) is 2.08. The number of allylic oxidation sites excluding steroid dienone is 2. The number of carbonyl (C=O) groups excluding carboxylic acids is 1. The zero-order chi connectivity index (χ0) is 16.6. The van der Waals surface area contributed by atoms with Crippen molar-refractivity contribution in [3.8, 4) is 0 Å². The first-order chi connectivity index (χ1) is 10.9. The Bertz CT molecular complexity index is 423. The van der Waals surface area contributed by atoms with Gasteiger partial charge in [0.15, 0.2) is 0 Å². The Morgan fingerprint density at radius 2 is 0.957 bits per heavy atom. The van der Waals surface area contributed by atoms with E-state index in [0.29, 0.717) is 10.8 Å². The number of hydrogen-bond acceptors (Lipinski definition) is 1. The van der Waals surface area contributed by atoms with Crippen LogP contribution in [0.3, 0.4) is 0 Å². The van der Waals surface area contributed by atoms with Crippen LogP contribution >= 0.6 is 0 Å². The minimum absolute atomic E-state index is 0.123. The van der Waals surface area contributed by atoms with Crippen molar-refractivity contribution in [3.05, 3.63) is 12.2 Å². The first kappa shape index (κ1) is 17.2. The molecular weight excluding hydrogens is 280 g/mol. The molecule has 0 aromatic carbocycles. The Labute approximate surface area is 143 Å². The van der Waals surface area contributed by atoms with E-state index >= 15 is 0 Å². The molecule has 0 radical (unpaired) electrons. The first-order valence-corrected chi connectivity index (χ1v) is 9.97. The molecular formula is C22H36O. The molecule has 0 aliphatic heterocycles. The summed E-state index contributed by atoms with van der Waals surface area (Å²) in [4.78, 5) is 10.8. The smallest absolute Gasteiger partial charge is 0.126 e. The summed E-state index contributed by atoms with van der Waals surface area (Å²) in [6.45, 7) is 7.02. The molecule has 0 heterocycles. The van der Waals surface area contributed by atoms with E-state index in [1.807, 2.05) is 0 Å². The number of fused-ring (bicyclic) bond motifs is 6. The molecule has 0 aromatic rings. The number of carbonyl (C=O) groups is 1. The highest BCUT2D eigenvalue weighted by Crippen LogP contribution is 2.57. The summed E-state index contributed by atoms with van der Waals surface area (Å²) < 4.78 is 0. The second-order valence-electron chi connectivity index (χ2n) is 9.96. The van der Waals surface area contributed by atoms with Crippen LogP contribution in [0.5, 0.6) is 0 Å². The van der Waals surface area contributed by atoms with E-state index in [2.05, 4.69) is 32.9 Å². The predicted octanol–water partition coefficient (Wildman–Crippen LogP) is 6.47. The standard InChI is InChI=1S/C12H20.C10H16O/c1-3-4-12-8-5-11(2,6-9-12)7-10-12;1-9-2-5-10(8-11,6-3-9)7-4-9/h3-4H,5-10H2,1-2H3;8H,2-7H2,1H3/b4-3+;. The maximum atomic E-state index is 10.8. The van der Waals surface area contributed by atoms with E-state index < -0.39 is 0 Å². The van der Waals surface area contributed by atoms with Crippen LogP contribution in [0.2, 0.25) is 0 Å². The zero-order valence-corrected chi connectivity index (χ0v) is 15.6. The molecule has 0 aromatic heterocycles. The molecule has 6 rings (SSSR count). The zero-order valence-electron chi connectivity index (χ0n) is 15.6. The minimum atomic E-state index is 0.123. The molecule has 6 saturated carbocycles. The molecule has 6 aliphatic carbocycles. The van der Waals surface area contributed by atoms with Gasteiger partial charge in [-0.1, -0.05) is 26.0 Å². The fourth-order valence-corrected chi connectivity index (χ4v) is 5.58. The highest BCUT2D eigenvalue weighted by atomic mass is 16.1. The third-order valence-corrected chi connectivity index (χ3v) is 8.13. The molecule has 6 aliphatic rings. The fourth-order valence-electron chi connectivity index (χ4n) is 5.58. The first-order valence-electron chi connectivity index (χ1n) is 9.97. The lowest BCUT2D eigenvalue weighted by Crippen LogP contribution is -2.40. The lowest BCUT2D eigenvalue weighted by molar-refractivity contribution is -0.124. The molecule has 23 heavy (non-hydrogen) atoms. The second kappa shape index (κ2) is 6.05. The van der Waals surface area contributed by atoms with Gasteiger partial charge in [0.1, 0.15) is 6.29 Å². The molecule has 0 saturated heterocycles. The Hall–Kier alpha value is -0.590. The predicted molar refractivity (Wildman–Crippen MR) is 97.4 cm³/mol. The Kier molecular flexibility index (Phi) is 4.53. The largest absolute Gasteiger partial charge is 0.303 e. The summed E-state index contributed by atoms with van der Waals surface area (Å²) in [7, 11) is 0. The Balaban J connectivity index is 0.000000136. The maximum absolute atomic E-state index is 10.8. The van der Waals surface area contributed by atoms with Crippen molar-refractivity contribution in [2.24, 2.45) is 21.7 Å². The molecule has 0 unspecified atom stereocenters. The summed E-state index contributed by atoms with van der Waals surface area (Å²) >= 11 is 0. The summed E-state index contributed by atoms with van der Waals surface area (Å²) in [6.07, 6.45) is 22.1. The highest BCUT2D eigenvalue weighted by molar-refractivity contribution is 5.60. The molecule has 1 nitrogen and oxygen atoms in total. The van der Waals surface area contributed by atoms with Crippen molar-refractivity contribution in [2.75, 3.05) is 0 Å². The third-order valence-electron chi connectivity index (χ3n) is 8.13. The van der Waals surface area contributed by atoms with Crippen molar-refractivity contribution in [1.29, 1.82) is 0 Å². The topological polar surface area (TPSA) is 17.1 Å². The maximum Gasteiger partial charge on any atom is 0.126 e. The molecule has 1 heteroatoms. The van der Waals surface area contributed by atoms with Crippen LogP contribution in [-0.4, -0.2) is 6.29 Å². The van der Waals surface area contributed by atoms with Crippen LogP contribution in [-0.2, 0) is 4.79 Å². The van der Waals surface area contributed by atoms with Gasteiger partial charge in [-0.3, -0.25) is 0 Å². The van der Waals surface area contributed by atoms with Crippen LogP contribution in [0.15, 0.2) is 12.2 Å². The summed E-state index contributed by atoms with van der Waals surface area (Å²) in [6, 6.07) is 0. The van der Waals surface area contributed by atoms with Gasteiger partial charge in [-0.25, -0.2) is 0 Å². The summed E-state index contributed by atoms with van der Waals surface area (Å²) in [5, 5.41) is 0. The normalized spacial score (nSPS) is 48.1. The molecule has 130 valence electrons. The Morgan fingerprint density at radius 3 is 1.26 bits per heavy atom. The molecule has 0 N–H and O–H groups in total. The molecule has 4 bridgehead atoms. The average molecular weight is 317 g/mol. The van der Waals surface area contributed by atoms with E-state index in [-0.39, 0.29) is 5.41 Å². The lowest BCUT2D eigenvalue weighted by atomic mass is 9.54. The van der Waals surface area contributed by atoms with Gasteiger partial charge in [-0.2, -0.15) is 0 Å². The second-order valence-corrected chi connectivity index (χ2v) is 9.96. The number of rotatable bonds is 2. The van der Waals surface area contributed by atoms with Crippen LogP contribution in [0.4, 0.5) is 0 Å². The van der Waals surface area contributed by atoms with Gasteiger partial charge in [-0.05, 0) is 100 Å². The van der Waals surface area contributed by atoms with Crippen molar-refractivity contribution in [1.82, 2.24) is 0 Å². The van der Waals surface area contributed by atoms with Crippen molar-refractivity contribution < 1.29 is 4.79 Å². The van der Waals surface area contributed by atoms with E-state index in [4.69, 9.17) is 0 Å². The Morgan fingerprint density at radius 1 is 0.609 bits per heavy atom. The highest BCUT2D eigenvalue weighted by Gasteiger charge is 2.46. The van der Waals surface area contributed by atoms with Gasteiger partial charge in [-0.15, -0.1) is 0 Å². The molecule has 0 spiro atoms. The van der Waals surface area contributed by atoms with Gasteiger partial charge in [0.2, 0.25) is 0 Å². The lowest BCUT2D eigenvalue weighted by Gasteiger charge is -2.51. The molecule has 0 atom stereocenters. The fraction of sp³-hybridized carbons (Fsp3) is 0.864. The molecule has 0 amide bonds. The molecule has 6 fully saturated rings. The minimum Gasteiger partial charge on any atom is -0.303 e. The number of hydrogen-bond donors (Lipinski definition) is 0. The van der Waals surface area contributed by atoms with Gasteiger partial charge < -0.3 is 4.79 Å². The van der Waals surface area contributed by atoms with E-state index in [1.54, 1.807) is 0 Å². The average Bonchev–Trinajstić information content (AvgIpc) is 2.58. The van der Waals surface area contributed by atoms with Crippen molar-refractivity contribution >= 4 is 6.29 Å². The van der Waals surface area contributed by atoms with Gasteiger partial charge >= 0.3 is 0 Å². The van der Waals surface area contributed by atoms with Crippen molar-refractivity contribution in [3.63, 3.8) is 0 Å². The van der Waals surface area contributed by atoms with Gasteiger partial charge in [0.05, 0.1) is 0 Å². The quantitative estimate of drug-likeness (QED) is 0.421. The SMILES string of the molecule is C/C=C/C12CCC(C)(CC1)CC2.CC12CCC(C=O)(CC1)CC2. The summed E-state index contributed by atoms with van der Waals surface area (Å²) in [5.74, 6) is 0. The van der Waals surface area contributed by atoms with Crippen LogP contribution in [0.1, 0.15) is 97.8 Å². The van der Waals surface area contributed by atoms with Crippen molar-refractivity contribution in [2.45, 2.75) is 97.8 Å². The van der Waals surface area contributed by atoms with E-state index in [9.17, 15) is 4.79 Å².